The molecule has 0 spiro atoms. The minimum Gasteiger partial charge on any atom is -0.494 e. The van der Waals surface area contributed by atoms with Gasteiger partial charge in [-0.25, -0.2) is 13.4 Å². The highest BCUT2D eigenvalue weighted by Gasteiger charge is 2.27. The molecule has 9 heteroatoms. The maximum atomic E-state index is 13.3. The number of fused-ring (bicyclic) bond motifs is 1. The molecule has 4 rings (SSSR count). The molecule has 4 aromatic rings. The predicted molar refractivity (Wildman–Crippen MR) is 125 cm³/mol. The van der Waals surface area contributed by atoms with Gasteiger partial charge in [0.2, 0.25) is 5.91 Å². The van der Waals surface area contributed by atoms with E-state index in [0.717, 1.165) is 10.3 Å². The fourth-order valence-corrected chi connectivity index (χ4v) is 5.53. The van der Waals surface area contributed by atoms with Crippen molar-refractivity contribution in [3.8, 4) is 5.75 Å². The lowest BCUT2D eigenvalue weighted by Crippen LogP contribution is -2.35. The minimum absolute atomic E-state index is 0.102. The van der Waals surface area contributed by atoms with E-state index in [9.17, 15) is 13.2 Å². The number of anilines is 1. The third kappa shape index (κ3) is 4.49. The Morgan fingerprint density at radius 1 is 1.06 bits per heavy atom. The van der Waals surface area contributed by atoms with Crippen LogP contribution in [-0.2, 0) is 21.2 Å². The first kappa shape index (κ1) is 21.9. The Morgan fingerprint density at radius 3 is 2.50 bits per heavy atom. The summed E-state index contributed by atoms with van der Waals surface area (Å²) in [5.74, 6) is -0.652. The SMILES string of the molecule is COc1ccc(C)c2sc(N(Cc3ccccn3)C(=O)CS(=O)(=O)c3ccccc3)nc12. The summed E-state index contributed by atoms with van der Waals surface area (Å²) in [5.41, 5.74) is 2.25. The van der Waals surface area contributed by atoms with Crippen molar-refractivity contribution >= 4 is 42.4 Å². The molecule has 0 bridgehead atoms. The van der Waals surface area contributed by atoms with E-state index in [1.807, 2.05) is 25.1 Å². The Hall–Kier alpha value is -3.30. The van der Waals surface area contributed by atoms with Crippen LogP contribution in [0.4, 0.5) is 5.13 Å². The molecule has 0 unspecified atom stereocenters. The summed E-state index contributed by atoms with van der Waals surface area (Å²) < 4.78 is 32.0. The number of rotatable bonds is 7. The highest BCUT2D eigenvalue weighted by molar-refractivity contribution is 7.92. The summed E-state index contributed by atoms with van der Waals surface area (Å²) in [7, 11) is -2.25. The number of amides is 1. The normalized spacial score (nSPS) is 11.4. The van der Waals surface area contributed by atoms with Gasteiger partial charge in [0.05, 0.1) is 28.9 Å². The van der Waals surface area contributed by atoms with Crippen LogP contribution in [0.2, 0.25) is 0 Å². The molecule has 0 saturated heterocycles. The number of methoxy groups -OCH3 is 1. The van der Waals surface area contributed by atoms with Crippen LogP contribution >= 0.6 is 11.3 Å². The molecule has 0 aliphatic carbocycles. The van der Waals surface area contributed by atoms with Gasteiger partial charge in [-0.2, -0.15) is 0 Å². The van der Waals surface area contributed by atoms with Gasteiger partial charge in [-0.15, -0.1) is 0 Å². The number of thiazole rings is 1. The van der Waals surface area contributed by atoms with E-state index in [4.69, 9.17) is 4.74 Å². The summed E-state index contributed by atoms with van der Waals surface area (Å²) >= 11 is 1.32. The van der Waals surface area contributed by atoms with Gasteiger partial charge in [0, 0.05) is 6.20 Å². The monoisotopic (exact) mass is 467 g/mol. The van der Waals surface area contributed by atoms with Gasteiger partial charge >= 0.3 is 0 Å². The molecule has 0 radical (unpaired) electrons. The van der Waals surface area contributed by atoms with E-state index in [2.05, 4.69) is 9.97 Å². The van der Waals surface area contributed by atoms with Gasteiger partial charge in [0.25, 0.3) is 0 Å². The van der Waals surface area contributed by atoms with E-state index >= 15 is 0 Å². The summed E-state index contributed by atoms with van der Waals surface area (Å²) in [5, 5.41) is 0.395. The molecule has 164 valence electrons. The first-order valence-corrected chi connectivity index (χ1v) is 12.3. The van der Waals surface area contributed by atoms with Crippen LogP contribution in [0.3, 0.4) is 0 Å². The maximum absolute atomic E-state index is 13.3. The largest absolute Gasteiger partial charge is 0.494 e. The first-order valence-electron chi connectivity index (χ1n) is 9.81. The molecule has 2 aromatic carbocycles. The van der Waals surface area contributed by atoms with Crippen molar-refractivity contribution in [3.05, 3.63) is 78.1 Å². The van der Waals surface area contributed by atoms with Crippen LogP contribution in [0.15, 0.2) is 71.8 Å². The molecular weight excluding hydrogens is 446 g/mol. The number of aromatic nitrogens is 2. The summed E-state index contributed by atoms with van der Waals surface area (Å²) in [6.07, 6.45) is 1.63. The number of pyridine rings is 1. The highest BCUT2D eigenvalue weighted by atomic mass is 32.2. The number of ether oxygens (including phenoxy) is 1. The Bertz CT molecular complexity index is 1350. The second-order valence-electron chi connectivity index (χ2n) is 7.13. The van der Waals surface area contributed by atoms with Crippen molar-refractivity contribution in [1.29, 1.82) is 0 Å². The first-order chi connectivity index (χ1) is 15.4. The number of nitrogens with zero attached hydrogens (tertiary/aromatic N) is 3. The van der Waals surface area contributed by atoms with Crippen molar-refractivity contribution in [3.63, 3.8) is 0 Å². The number of aryl methyl sites for hydroxylation is 1. The summed E-state index contributed by atoms with van der Waals surface area (Å²) in [6.45, 7) is 2.06. The van der Waals surface area contributed by atoms with Gasteiger partial charge < -0.3 is 4.74 Å². The molecule has 0 N–H and O–H groups in total. The smallest absolute Gasteiger partial charge is 0.244 e. The molecule has 0 aliphatic heterocycles. The zero-order chi connectivity index (χ0) is 22.7. The topological polar surface area (TPSA) is 89.5 Å². The lowest BCUT2D eigenvalue weighted by molar-refractivity contribution is -0.116. The lowest BCUT2D eigenvalue weighted by atomic mass is 10.2. The Balaban J connectivity index is 1.75. The van der Waals surface area contributed by atoms with E-state index in [1.54, 1.807) is 43.6 Å². The molecule has 2 aromatic heterocycles. The highest BCUT2D eigenvalue weighted by Crippen LogP contribution is 2.37. The average Bonchev–Trinajstić information content (AvgIpc) is 3.25. The molecule has 0 aliphatic rings. The fourth-order valence-electron chi connectivity index (χ4n) is 3.25. The zero-order valence-electron chi connectivity index (χ0n) is 17.6. The van der Waals surface area contributed by atoms with Gasteiger partial charge in [-0.05, 0) is 42.8 Å². The van der Waals surface area contributed by atoms with Crippen LogP contribution in [-0.4, -0.2) is 37.2 Å². The Morgan fingerprint density at radius 2 is 1.81 bits per heavy atom. The van der Waals surface area contributed by atoms with Crippen LogP contribution in [0.1, 0.15) is 11.3 Å². The van der Waals surface area contributed by atoms with Crippen LogP contribution in [0.5, 0.6) is 5.75 Å². The van der Waals surface area contributed by atoms with Crippen molar-refractivity contribution in [1.82, 2.24) is 9.97 Å². The van der Waals surface area contributed by atoms with Gasteiger partial charge in [-0.1, -0.05) is 41.7 Å². The second-order valence-corrected chi connectivity index (χ2v) is 10.1. The van der Waals surface area contributed by atoms with E-state index in [-0.39, 0.29) is 11.4 Å². The Labute approximate surface area is 190 Å². The quantitative estimate of drug-likeness (QED) is 0.408. The third-order valence-corrected chi connectivity index (χ3v) is 7.74. The van der Waals surface area contributed by atoms with Crippen LogP contribution in [0, 0.1) is 6.92 Å². The van der Waals surface area contributed by atoms with E-state index in [1.165, 1.54) is 28.4 Å². The molecule has 2 heterocycles. The molecular formula is C23H21N3O4S2. The van der Waals surface area contributed by atoms with Crippen molar-refractivity contribution in [2.24, 2.45) is 0 Å². The Kier molecular flexibility index (Phi) is 6.20. The lowest BCUT2D eigenvalue weighted by Gasteiger charge is -2.19. The molecule has 7 nitrogen and oxygen atoms in total. The zero-order valence-corrected chi connectivity index (χ0v) is 19.2. The molecule has 1 amide bonds. The van der Waals surface area contributed by atoms with E-state index < -0.39 is 21.5 Å². The molecule has 32 heavy (non-hydrogen) atoms. The maximum Gasteiger partial charge on any atom is 0.244 e. The third-order valence-electron chi connectivity index (χ3n) is 4.91. The number of benzene rings is 2. The average molecular weight is 468 g/mol. The van der Waals surface area contributed by atoms with Crippen LogP contribution < -0.4 is 9.64 Å². The van der Waals surface area contributed by atoms with Crippen molar-refractivity contribution in [2.75, 3.05) is 17.8 Å². The number of carbonyl (C=O) groups is 1. The van der Waals surface area contributed by atoms with Gasteiger partial charge in [-0.3, -0.25) is 14.7 Å². The number of hydrogen-bond donors (Lipinski definition) is 0. The minimum atomic E-state index is -3.82. The number of hydrogen-bond acceptors (Lipinski definition) is 7. The summed E-state index contributed by atoms with van der Waals surface area (Å²) in [4.78, 5) is 23.7. The van der Waals surface area contributed by atoms with Gasteiger partial charge in [0.15, 0.2) is 15.0 Å². The van der Waals surface area contributed by atoms with Crippen molar-refractivity contribution < 1.29 is 17.9 Å². The molecule has 0 saturated carbocycles. The predicted octanol–water partition coefficient (Wildman–Crippen LogP) is 4.02. The second kappa shape index (κ2) is 9.05. The van der Waals surface area contributed by atoms with Crippen molar-refractivity contribution in [2.45, 2.75) is 18.4 Å². The fraction of sp³-hybridized carbons (Fsp3) is 0.174. The van der Waals surface area contributed by atoms with Gasteiger partial charge in [0.1, 0.15) is 17.0 Å². The van der Waals surface area contributed by atoms with Crippen LogP contribution in [0.25, 0.3) is 10.2 Å². The molecule has 0 fully saturated rings. The van der Waals surface area contributed by atoms with E-state index in [0.29, 0.717) is 22.1 Å². The summed E-state index contributed by atoms with van der Waals surface area (Å²) in [6, 6.07) is 17.1. The number of carbonyl (C=O) groups excluding carboxylic acids is 1. The molecule has 0 atom stereocenters. The standard InChI is InChI=1S/C23H21N3O4S2/c1-16-11-12-19(30-2)21-22(16)31-23(25-21)26(14-17-8-6-7-13-24-17)20(27)15-32(28,29)18-9-4-3-5-10-18/h3-13H,14-15H2,1-2H3. The number of sulfone groups is 1.